The van der Waals surface area contributed by atoms with Crippen LogP contribution in [-0.4, -0.2) is 53.2 Å². The van der Waals surface area contributed by atoms with Gasteiger partial charge in [0.15, 0.2) is 0 Å². The molecule has 6 rings (SSSR count). The van der Waals surface area contributed by atoms with E-state index in [1.165, 1.54) is 4.31 Å². The van der Waals surface area contributed by atoms with Crippen molar-refractivity contribution < 1.29 is 17.4 Å². The fraction of sp³-hybridized carbons (Fsp3) is 0.226. The van der Waals surface area contributed by atoms with E-state index >= 15 is 0 Å². The Morgan fingerprint density at radius 2 is 1.13 bits per heavy atom. The second-order valence-electron chi connectivity index (χ2n) is 9.83. The first kappa shape index (κ1) is 26.1. The second-order valence-corrected chi connectivity index (χ2v) is 13.2. The van der Waals surface area contributed by atoms with Crippen LogP contribution in [0, 0.1) is 0 Å². The van der Waals surface area contributed by atoms with E-state index in [-0.39, 0.29) is 4.90 Å². The molecule has 1 unspecified atom stereocenters. The van der Waals surface area contributed by atoms with Crippen LogP contribution < -0.4 is 0 Å². The van der Waals surface area contributed by atoms with Gasteiger partial charge in [-0.1, -0.05) is 84.9 Å². The van der Waals surface area contributed by atoms with E-state index in [0.29, 0.717) is 44.0 Å². The Balaban J connectivity index is 1.14. The van der Waals surface area contributed by atoms with Gasteiger partial charge in [0.1, 0.15) is 16.7 Å². The standard InChI is InChI=1S/C31H30N2O4S2/c34-38(29-15-11-27(12-16-29)25-7-3-1-4-8-25)33-23-24-37-31(33)19-21-32(22-20-31)39(35,36)30-17-13-28(14-18-30)26-9-5-2-6-10-26/h1-18H,19-24H2. The summed E-state index contributed by atoms with van der Waals surface area (Å²) in [5.74, 6) is 0. The Hall–Kier alpha value is -3.14. The van der Waals surface area contributed by atoms with Crippen LogP contribution in [0.25, 0.3) is 22.3 Å². The van der Waals surface area contributed by atoms with Gasteiger partial charge in [0.25, 0.3) is 0 Å². The number of piperidine rings is 1. The Morgan fingerprint density at radius 3 is 1.67 bits per heavy atom. The lowest BCUT2D eigenvalue weighted by Gasteiger charge is -2.42. The summed E-state index contributed by atoms with van der Waals surface area (Å²) in [6.45, 7) is 1.63. The third kappa shape index (κ3) is 5.11. The van der Waals surface area contributed by atoms with E-state index in [1.807, 2.05) is 89.2 Å². The molecule has 6 nitrogen and oxygen atoms in total. The van der Waals surface area contributed by atoms with Crippen molar-refractivity contribution in [2.24, 2.45) is 0 Å². The van der Waals surface area contributed by atoms with Gasteiger partial charge in [-0.3, -0.25) is 0 Å². The predicted molar refractivity (Wildman–Crippen MR) is 154 cm³/mol. The van der Waals surface area contributed by atoms with Crippen molar-refractivity contribution in [3.63, 3.8) is 0 Å². The maximum Gasteiger partial charge on any atom is 0.243 e. The average molecular weight is 559 g/mol. The van der Waals surface area contributed by atoms with Crippen molar-refractivity contribution in [3.8, 4) is 22.3 Å². The van der Waals surface area contributed by atoms with Gasteiger partial charge < -0.3 is 4.74 Å². The van der Waals surface area contributed by atoms with Gasteiger partial charge in [0.2, 0.25) is 10.0 Å². The molecule has 0 saturated carbocycles. The summed E-state index contributed by atoms with van der Waals surface area (Å²) < 4.78 is 50.1. The molecule has 0 amide bonds. The lowest BCUT2D eigenvalue weighted by molar-refractivity contribution is -0.0791. The van der Waals surface area contributed by atoms with E-state index in [1.54, 1.807) is 12.1 Å². The summed E-state index contributed by atoms with van der Waals surface area (Å²) in [6.07, 6.45) is 0.921. The third-order valence-corrected chi connectivity index (χ3v) is 11.1. The third-order valence-electron chi connectivity index (χ3n) is 7.59. The zero-order chi connectivity index (χ0) is 26.9. The smallest absolute Gasteiger partial charge is 0.243 e. The fourth-order valence-corrected chi connectivity index (χ4v) is 8.26. The first-order chi connectivity index (χ1) is 19.0. The van der Waals surface area contributed by atoms with Crippen LogP contribution >= 0.6 is 0 Å². The number of nitrogens with zero attached hydrogens (tertiary/aromatic N) is 2. The molecule has 8 heteroatoms. The van der Waals surface area contributed by atoms with Gasteiger partial charge in [-0.2, -0.15) is 8.61 Å². The summed E-state index contributed by atoms with van der Waals surface area (Å²) in [5.41, 5.74) is 3.47. The van der Waals surface area contributed by atoms with Crippen LogP contribution in [0.3, 0.4) is 0 Å². The topological polar surface area (TPSA) is 66.9 Å². The molecule has 0 aromatic heterocycles. The van der Waals surface area contributed by atoms with E-state index < -0.39 is 26.7 Å². The van der Waals surface area contributed by atoms with Crippen LogP contribution in [0.15, 0.2) is 119 Å². The monoisotopic (exact) mass is 558 g/mol. The van der Waals surface area contributed by atoms with E-state index in [0.717, 1.165) is 22.3 Å². The van der Waals surface area contributed by atoms with Crippen molar-refractivity contribution in [1.29, 1.82) is 0 Å². The lowest BCUT2D eigenvalue weighted by Crippen LogP contribution is -2.54. The number of hydrogen-bond acceptors (Lipinski definition) is 4. The van der Waals surface area contributed by atoms with Crippen molar-refractivity contribution in [2.75, 3.05) is 26.2 Å². The van der Waals surface area contributed by atoms with E-state index in [9.17, 15) is 12.6 Å². The molecule has 1 spiro atoms. The van der Waals surface area contributed by atoms with Crippen LogP contribution in [0.1, 0.15) is 12.8 Å². The molecule has 200 valence electrons. The normalized spacial score (nSPS) is 18.8. The van der Waals surface area contributed by atoms with Crippen molar-refractivity contribution in [1.82, 2.24) is 8.61 Å². The van der Waals surface area contributed by atoms with Crippen LogP contribution in [0.2, 0.25) is 0 Å². The summed E-state index contributed by atoms with van der Waals surface area (Å²) in [7, 11) is -5.05. The van der Waals surface area contributed by atoms with Crippen LogP contribution in [0.4, 0.5) is 0 Å². The second kappa shape index (κ2) is 10.8. The van der Waals surface area contributed by atoms with Gasteiger partial charge in [-0.25, -0.2) is 12.6 Å². The zero-order valence-electron chi connectivity index (χ0n) is 21.5. The zero-order valence-corrected chi connectivity index (χ0v) is 23.1. The van der Waals surface area contributed by atoms with Crippen molar-refractivity contribution >= 4 is 21.0 Å². The molecular weight excluding hydrogens is 528 g/mol. The minimum Gasteiger partial charge on any atom is -0.358 e. The summed E-state index contributed by atoms with van der Waals surface area (Å²) >= 11 is 0. The van der Waals surface area contributed by atoms with E-state index in [4.69, 9.17) is 4.74 Å². The van der Waals surface area contributed by atoms with Gasteiger partial charge in [0, 0.05) is 32.5 Å². The fourth-order valence-electron chi connectivity index (χ4n) is 5.42. The lowest BCUT2D eigenvalue weighted by atomic mass is 10.0. The molecule has 0 N–H and O–H groups in total. The number of benzene rings is 4. The predicted octanol–water partition coefficient (Wildman–Crippen LogP) is 5.56. The number of ether oxygens (including phenoxy) is 1. The van der Waals surface area contributed by atoms with Crippen LogP contribution in [-0.2, 0) is 25.7 Å². The Kier molecular flexibility index (Phi) is 7.22. The molecule has 2 aliphatic heterocycles. The highest BCUT2D eigenvalue weighted by molar-refractivity contribution is 7.89. The number of rotatable bonds is 6. The highest BCUT2D eigenvalue weighted by atomic mass is 32.2. The summed E-state index contributed by atoms with van der Waals surface area (Å²) in [4.78, 5) is 0.998. The molecule has 4 aromatic carbocycles. The van der Waals surface area contributed by atoms with Crippen molar-refractivity contribution in [2.45, 2.75) is 28.4 Å². The largest absolute Gasteiger partial charge is 0.358 e. The highest BCUT2D eigenvalue weighted by Gasteiger charge is 2.49. The van der Waals surface area contributed by atoms with Gasteiger partial charge in [-0.15, -0.1) is 0 Å². The molecule has 2 saturated heterocycles. The molecular formula is C31H30N2O4S2. The molecule has 2 heterocycles. The number of sulfonamides is 1. The van der Waals surface area contributed by atoms with Crippen molar-refractivity contribution in [3.05, 3.63) is 109 Å². The molecule has 39 heavy (non-hydrogen) atoms. The summed E-state index contributed by atoms with van der Waals surface area (Å²) in [5, 5.41) is 0. The van der Waals surface area contributed by atoms with Gasteiger partial charge in [-0.05, 0) is 46.5 Å². The van der Waals surface area contributed by atoms with E-state index in [2.05, 4.69) is 12.1 Å². The number of hydrogen-bond donors (Lipinski definition) is 0. The Bertz CT molecular complexity index is 1550. The SMILES string of the molecule is O=S(c1ccc(-c2ccccc2)cc1)N1CCOC12CCN(S(=O)(=O)c1ccc(-c3ccccc3)cc1)CC2. The Labute approximate surface area is 232 Å². The maximum absolute atomic E-state index is 13.6. The molecule has 2 aliphatic rings. The first-order valence-electron chi connectivity index (χ1n) is 13.1. The maximum atomic E-state index is 13.6. The molecule has 2 fully saturated rings. The van der Waals surface area contributed by atoms with Gasteiger partial charge >= 0.3 is 0 Å². The molecule has 1 atom stereocenters. The van der Waals surface area contributed by atoms with Gasteiger partial charge in [0.05, 0.1) is 16.4 Å². The first-order valence-corrected chi connectivity index (χ1v) is 15.7. The molecule has 0 aliphatic carbocycles. The molecule has 0 bridgehead atoms. The van der Waals surface area contributed by atoms with Crippen LogP contribution in [0.5, 0.6) is 0 Å². The average Bonchev–Trinajstić information content (AvgIpc) is 3.40. The minimum absolute atomic E-state index is 0.282. The quantitative estimate of drug-likeness (QED) is 0.311. The molecule has 4 aromatic rings. The molecule has 0 radical (unpaired) electrons. The summed E-state index contributed by atoms with van der Waals surface area (Å²) in [6, 6.07) is 34.8. The highest BCUT2D eigenvalue weighted by Crippen LogP contribution is 2.38. The minimum atomic E-state index is -3.64. The Morgan fingerprint density at radius 1 is 0.641 bits per heavy atom.